The van der Waals surface area contributed by atoms with Crippen LogP contribution in [0.2, 0.25) is 0 Å². The summed E-state index contributed by atoms with van der Waals surface area (Å²) in [5, 5.41) is 4.25. The zero-order valence-electron chi connectivity index (χ0n) is 12.8. The van der Waals surface area contributed by atoms with E-state index in [9.17, 15) is 0 Å². The van der Waals surface area contributed by atoms with Crippen LogP contribution in [0.3, 0.4) is 0 Å². The number of aromatic nitrogens is 2. The highest BCUT2D eigenvalue weighted by Crippen LogP contribution is 2.36. The average molecular weight is 291 g/mol. The Hall–Kier alpha value is -1.17. The topological polar surface area (TPSA) is 39.5 Å². The van der Waals surface area contributed by atoms with E-state index in [1.54, 1.807) is 6.08 Å². The van der Waals surface area contributed by atoms with Crippen molar-refractivity contribution in [2.24, 2.45) is 7.05 Å². The molecule has 1 aromatic rings. The molecule has 2 fully saturated rings. The fourth-order valence-electron chi connectivity index (χ4n) is 3.54. The van der Waals surface area contributed by atoms with Crippen LogP contribution >= 0.6 is 0 Å². The number of ether oxygens (including phenoxy) is 2. The first-order chi connectivity index (χ1) is 10.2. The molecule has 1 spiro atoms. The molecule has 0 bridgehead atoms. The third kappa shape index (κ3) is 3.54. The molecule has 0 saturated carbocycles. The molecular formula is C16H25N3O2. The van der Waals surface area contributed by atoms with Crippen molar-refractivity contribution in [2.45, 2.75) is 37.5 Å². The van der Waals surface area contributed by atoms with Gasteiger partial charge in [-0.25, -0.2) is 0 Å². The Morgan fingerprint density at radius 2 is 2.52 bits per heavy atom. The average Bonchev–Trinajstić information content (AvgIpc) is 3.04. The van der Waals surface area contributed by atoms with Gasteiger partial charge in [-0.15, -0.1) is 6.58 Å². The molecule has 116 valence electrons. The SMILES string of the molecule is C=CCO[C@@H]1CO[C@@]2(CCCN(Cc3cnn(C)c3)C2)C1. The first-order valence-corrected chi connectivity index (χ1v) is 7.75. The normalized spacial score (nSPS) is 30.0. The summed E-state index contributed by atoms with van der Waals surface area (Å²) in [5.74, 6) is 0. The minimum Gasteiger partial charge on any atom is -0.372 e. The Labute approximate surface area is 126 Å². The minimum atomic E-state index is -0.00764. The first-order valence-electron chi connectivity index (χ1n) is 7.75. The molecule has 0 aromatic carbocycles. The van der Waals surface area contributed by atoms with Gasteiger partial charge in [-0.3, -0.25) is 9.58 Å². The Morgan fingerprint density at radius 1 is 1.62 bits per heavy atom. The predicted molar refractivity (Wildman–Crippen MR) is 81.0 cm³/mol. The van der Waals surface area contributed by atoms with Gasteiger partial charge < -0.3 is 9.47 Å². The van der Waals surface area contributed by atoms with Crippen LogP contribution in [0.1, 0.15) is 24.8 Å². The van der Waals surface area contributed by atoms with E-state index in [0.29, 0.717) is 13.2 Å². The molecule has 0 unspecified atom stereocenters. The van der Waals surface area contributed by atoms with E-state index >= 15 is 0 Å². The molecule has 0 aliphatic carbocycles. The molecule has 0 radical (unpaired) electrons. The quantitative estimate of drug-likeness (QED) is 0.775. The monoisotopic (exact) mass is 291 g/mol. The van der Waals surface area contributed by atoms with Crippen LogP contribution in [0.5, 0.6) is 0 Å². The molecule has 5 nitrogen and oxygen atoms in total. The minimum absolute atomic E-state index is 0.00764. The van der Waals surface area contributed by atoms with Crippen molar-refractivity contribution in [1.29, 1.82) is 0 Å². The maximum absolute atomic E-state index is 6.14. The second kappa shape index (κ2) is 6.30. The second-order valence-corrected chi connectivity index (χ2v) is 6.28. The van der Waals surface area contributed by atoms with Crippen LogP contribution in [0, 0.1) is 0 Å². The summed E-state index contributed by atoms with van der Waals surface area (Å²) in [6, 6.07) is 0. The van der Waals surface area contributed by atoms with Crippen LogP contribution in [0.25, 0.3) is 0 Å². The molecule has 3 heterocycles. The van der Waals surface area contributed by atoms with Crippen LogP contribution < -0.4 is 0 Å². The van der Waals surface area contributed by atoms with Crippen molar-refractivity contribution < 1.29 is 9.47 Å². The van der Waals surface area contributed by atoms with Gasteiger partial charge in [0.25, 0.3) is 0 Å². The molecule has 2 aliphatic rings. The smallest absolute Gasteiger partial charge is 0.0841 e. The van der Waals surface area contributed by atoms with E-state index in [0.717, 1.165) is 32.5 Å². The van der Waals surface area contributed by atoms with Gasteiger partial charge in [0.15, 0.2) is 0 Å². The maximum Gasteiger partial charge on any atom is 0.0841 e. The van der Waals surface area contributed by atoms with Crippen molar-refractivity contribution in [3.63, 3.8) is 0 Å². The van der Waals surface area contributed by atoms with E-state index in [4.69, 9.17) is 9.47 Å². The lowest BCUT2D eigenvalue weighted by molar-refractivity contribution is -0.0544. The number of hydrogen-bond donors (Lipinski definition) is 0. The lowest BCUT2D eigenvalue weighted by Gasteiger charge is -2.39. The summed E-state index contributed by atoms with van der Waals surface area (Å²) in [7, 11) is 1.96. The molecule has 1 aromatic heterocycles. The molecule has 2 atom stereocenters. The predicted octanol–water partition coefficient (Wildman–Crippen LogP) is 1.75. The van der Waals surface area contributed by atoms with Crippen LogP contribution in [0.15, 0.2) is 25.0 Å². The van der Waals surface area contributed by atoms with Gasteiger partial charge in [-0.05, 0) is 19.4 Å². The zero-order chi connectivity index (χ0) is 14.7. The number of piperidine rings is 1. The Balaban J connectivity index is 1.57. The highest BCUT2D eigenvalue weighted by molar-refractivity contribution is 5.05. The summed E-state index contributed by atoms with van der Waals surface area (Å²) in [5.41, 5.74) is 1.26. The van der Waals surface area contributed by atoms with Gasteiger partial charge in [0.05, 0.1) is 31.1 Å². The van der Waals surface area contributed by atoms with Gasteiger partial charge in [-0.2, -0.15) is 5.10 Å². The number of aryl methyl sites for hydroxylation is 1. The summed E-state index contributed by atoms with van der Waals surface area (Å²) < 4.78 is 13.8. The van der Waals surface area contributed by atoms with E-state index in [1.807, 2.05) is 17.9 Å². The van der Waals surface area contributed by atoms with Gasteiger partial charge in [0.1, 0.15) is 0 Å². The van der Waals surface area contributed by atoms with E-state index < -0.39 is 0 Å². The van der Waals surface area contributed by atoms with Crippen molar-refractivity contribution >= 4 is 0 Å². The Kier molecular flexibility index (Phi) is 4.42. The Morgan fingerprint density at radius 3 is 3.29 bits per heavy atom. The Bertz CT molecular complexity index is 488. The number of likely N-dealkylation sites (tertiary alicyclic amines) is 1. The zero-order valence-corrected chi connectivity index (χ0v) is 12.8. The van der Waals surface area contributed by atoms with E-state index in [2.05, 4.69) is 22.8 Å². The highest BCUT2D eigenvalue weighted by Gasteiger charge is 2.43. The van der Waals surface area contributed by atoms with Crippen LogP contribution in [-0.4, -0.2) is 52.7 Å². The largest absolute Gasteiger partial charge is 0.372 e. The van der Waals surface area contributed by atoms with Gasteiger partial charge in [0.2, 0.25) is 0 Å². The van der Waals surface area contributed by atoms with Crippen LogP contribution in [-0.2, 0) is 23.1 Å². The third-order valence-corrected chi connectivity index (χ3v) is 4.41. The molecular weight excluding hydrogens is 266 g/mol. The molecule has 2 saturated heterocycles. The van der Waals surface area contributed by atoms with Gasteiger partial charge in [0, 0.05) is 38.3 Å². The fourth-order valence-corrected chi connectivity index (χ4v) is 3.54. The first kappa shape index (κ1) is 14.8. The third-order valence-electron chi connectivity index (χ3n) is 4.41. The summed E-state index contributed by atoms with van der Waals surface area (Å²) in [4.78, 5) is 2.48. The molecule has 3 rings (SSSR count). The lowest BCUT2D eigenvalue weighted by Crippen LogP contribution is -2.47. The molecule has 0 amide bonds. The van der Waals surface area contributed by atoms with Gasteiger partial charge in [-0.1, -0.05) is 6.08 Å². The van der Waals surface area contributed by atoms with Crippen LogP contribution in [0.4, 0.5) is 0 Å². The van der Waals surface area contributed by atoms with Crippen molar-refractivity contribution in [3.8, 4) is 0 Å². The summed E-state index contributed by atoms with van der Waals surface area (Å²) in [6.07, 6.45) is 9.41. The summed E-state index contributed by atoms with van der Waals surface area (Å²) >= 11 is 0. The summed E-state index contributed by atoms with van der Waals surface area (Å²) in [6.45, 7) is 8.12. The second-order valence-electron chi connectivity index (χ2n) is 6.28. The maximum atomic E-state index is 6.14. The molecule has 5 heteroatoms. The van der Waals surface area contributed by atoms with Crippen molar-refractivity contribution in [3.05, 3.63) is 30.6 Å². The molecule has 21 heavy (non-hydrogen) atoms. The number of hydrogen-bond acceptors (Lipinski definition) is 4. The molecule has 2 aliphatic heterocycles. The van der Waals surface area contributed by atoms with Gasteiger partial charge >= 0.3 is 0 Å². The van der Waals surface area contributed by atoms with Crippen molar-refractivity contribution in [1.82, 2.24) is 14.7 Å². The number of rotatable bonds is 5. The van der Waals surface area contributed by atoms with E-state index in [1.165, 1.54) is 12.0 Å². The standard InChI is InChI=1S/C16H25N3O2/c1-3-7-20-15-8-16(21-12-15)5-4-6-19(13-16)11-14-9-17-18(2)10-14/h3,9-10,15H,1,4-8,11-13H2,2H3/t15-,16-/m0/s1. The fraction of sp³-hybridized carbons (Fsp3) is 0.688. The highest BCUT2D eigenvalue weighted by atomic mass is 16.6. The van der Waals surface area contributed by atoms with E-state index in [-0.39, 0.29) is 11.7 Å². The lowest BCUT2D eigenvalue weighted by atomic mass is 9.89. The van der Waals surface area contributed by atoms with Crippen molar-refractivity contribution in [2.75, 3.05) is 26.3 Å². The number of nitrogens with zero attached hydrogens (tertiary/aromatic N) is 3. The molecule has 0 N–H and O–H groups in total.